The predicted molar refractivity (Wildman–Crippen MR) is 156 cm³/mol. The van der Waals surface area contributed by atoms with E-state index in [1.165, 1.54) is 44.5 Å². The van der Waals surface area contributed by atoms with Crippen LogP contribution in [-0.4, -0.2) is 60.0 Å². The van der Waals surface area contributed by atoms with Crippen molar-refractivity contribution in [2.45, 2.75) is 81.5 Å². The SMILES string of the molecule is CS(=O)(=O)c1ncccc1CNc1ncc(C#N)c(NCC23CC4CC(C2)C(NCC2CCC(O)CC2)C(C4)C3)n1. The molecule has 10 nitrogen and oxygen atoms in total. The van der Waals surface area contributed by atoms with Crippen LogP contribution in [0, 0.1) is 40.4 Å². The van der Waals surface area contributed by atoms with Gasteiger partial charge in [-0.05, 0) is 99.5 Å². The summed E-state index contributed by atoms with van der Waals surface area (Å²) in [5.41, 5.74) is 1.15. The predicted octanol–water partition coefficient (Wildman–Crippen LogP) is 3.51. The van der Waals surface area contributed by atoms with Crippen molar-refractivity contribution in [3.05, 3.63) is 35.7 Å². The van der Waals surface area contributed by atoms with E-state index in [4.69, 9.17) is 0 Å². The average molecular weight is 580 g/mol. The molecule has 5 saturated carbocycles. The van der Waals surface area contributed by atoms with E-state index in [0.29, 0.717) is 46.7 Å². The van der Waals surface area contributed by atoms with Crippen molar-refractivity contribution in [3.63, 3.8) is 0 Å². The van der Waals surface area contributed by atoms with Crippen LogP contribution in [0.2, 0.25) is 0 Å². The molecule has 0 aliphatic heterocycles. The second kappa shape index (κ2) is 11.5. The summed E-state index contributed by atoms with van der Waals surface area (Å²) < 4.78 is 24.2. The Bertz CT molecular complexity index is 1390. The van der Waals surface area contributed by atoms with Crippen LogP contribution in [0.5, 0.6) is 0 Å². The molecule has 220 valence electrons. The first kappa shape index (κ1) is 28.3. The highest BCUT2D eigenvalue weighted by Gasteiger charge is 2.55. The largest absolute Gasteiger partial charge is 0.393 e. The van der Waals surface area contributed by atoms with Gasteiger partial charge in [-0.2, -0.15) is 10.2 Å². The lowest BCUT2D eigenvalue weighted by Crippen LogP contribution is -2.60. The summed E-state index contributed by atoms with van der Waals surface area (Å²) in [6, 6.07) is 6.22. The van der Waals surface area contributed by atoms with E-state index in [-0.39, 0.29) is 23.1 Å². The highest BCUT2D eigenvalue weighted by Crippen LogP contribution is 2.60. The second-order valence-electron chi connectivity index (χ2n) is 13.1. The third-order valence-corrected chi connectivity index (χ3v) is 11.1. The van der Waals surface area contributed by atoms with Gasteiger partial charge in [-0.1, -0.05) is 6.07 Å². The molecule has 4 N–H and O–H groups in total. The number of pyridine rings is 1. The van der Waals surface area contributed by atoms with Gasteiger partial charge in [0.05, 0.1) is 12.3 Å². The highest BCUT2D eigenvalue weighted by atomic mass is 32.2. The molecule has 2 aromatic heterocycles. The maximum absolute atomic E-state index is 12.1. The van der Waals surface area contributed by atoms with Crippen molar-refractivity contribution in [1.82, 2.24) is 20.3 Å². The van der Waals surface area contributed by atoms with E-state index >= 15 is 0 Å². The van der Waals surface area contributed by atoms with Gasteiger partial charge in [0.15, 0.2) is 14.9 Å². The monoisotopic (exact) mass is 579 g/mol. The van der Waals surface area contributed by atoms with Gasteiger partial charge in [-0.3, -0.25) is 0 Å². The van der Waals surface area contributed by atoms with E-state index < -0.39 is 9.84 Å². The lowest BCUT2D eigenvalue weighted by molar-refractivity contribution is -0.0705. The Balaban J connectivity index is 1.09. The fourth-order valence-electron chi connectivity index (χ4n) is 8.42. The summed E-state index contributed by atoms with van der Waals surface area (Å²) in [7, 11) is -3.46. The number of sulfone groups is 1. The minimum atomic E-state index is -3.46. The summed E-state index contributed by atoms with van der Waals surface area (Å²) in [5, 5.41) is 30.3. The Labute approximate surface area is 242 Å². The number of aliphatic hydroxyl groups is 1. The van der Waals surface area contributed by atoms with E-state index in [9.17, 15) is 18.8 Å². The first-order valence-corrected chi connectivity index (χ1v) is 16.9. The first-order valence-electron chi connectivity index (χ1n) is 15.0. The standard InChI is InChI=1S/C30H41N7O3S/c1-41(39,40)28-21(3-2-8-32-28)16-34-29-35-17-24(14-31)27(37-29)36-18-30-11-20-9-22(12-30)26(23(10-20)13-30)33-15-19-4-6-25(38)7-5-19/h2-3,8,17,19-20,22-23,25-26,33,38H,4-7,9-13,15-16,18H2,1H3,(H2,34,35,36,37). The lowest BCUT2D eigenvalue weighted by atomic mass is 9.48. The molecule has 0 amide bonds. The molecule has 2 unspecified atom stereocenters. The van der Waals surface area contributed by atoms with Crippen LogP contribution < -0.4 is 16.0 Å². The molecule has 2 aromatic rings. The van der Waals surface area contributed by atoms with Crippen LogP contribution in [0.3, 0.4) is 0 Å². The summed E-state index contributed by atoms with van der Waals surface area (Å²) in [5.74, 6) is 3.70. The number of nitrogens with zero attached hydrogens (tertiary/aromatic N) is 4. The molecule has 0 radical (unpaired) electrons. The minimum absolute atomic E-state index is 0.0339. The van der Waals surface area contributed by atoms with E-state index in [1.54, 1.807) is 12.1 Å². The topological polar surface area (TPSA) is 153 Å². The maximum Gasteiger partial charge on any atom is 0.224 e. The number of hydrogen-bond donors (Lipinski definition) is 4. The fraction of sp³-hybridized carbons (Fsp3) is 0.667. The Kier molecular flexibility index (Phi) is 7.92. The maximum atomic E-state index is 12.1. The third kappa shape index (κ3) is 6.20. The second-order valence-corrected chi connectivity index (χ2v) is 15.0. The molecule has 4 bridgehead atoms. The van der Waals surface area contributed by atoms with Gasteiger partial charge in [0.1, 0.15) is 17.5 Å². The van der Waals surface area contributed by atoms with Crippen LogP contribution in [0.25, 0.3) is 0 Å². The molecule has 5 fully saturated rings. The van der Waals surface area contributed by atoms with Crippen molar-refractivity contribution in [1.29, 1.82) is 5.26 Å². The Hall–Kier alpha value is -2.81. The van der Waals surface area contributed by atoms with Crippen molar-refractivity contribution in [2.75, 3.05) is 30.0 Å². The molecule has 7 rings (SSSR count). The number of aromatic nitrogens is 3. The van der Waals surface area contributed by atoms with Gasteiger partial charge >= 0.3 is 0 Å². The Morgan fingerprint density at radius 3 is 2.56 bits per heavy atom. The van der Waals surface area contributed by atoms with Gasteiger partial charge in [0.25, 0.3) is 0 Å². The van der Waals surface area contributed by atoms with Crippen LogP contribution in [0.1, 0.15) is 68.9 Å². The molecule has 0 saturated heterocycles. The van der Waals surface area contributed by atoms with Gasteiger partial charge in [0.2, 0.25) is 5.95 Å². The summed E-state index contributed by atoms with van der Waals surface area (Å²) in [4.78, 5) is 12.9. The Morgan fingerprint density at radius 2 is 1.85 bits per heavy atom. The molecule has 2 atom stereocenters. The Morgan fingerprint density at radius 1 is 1.10 bits per heavy atom. The number of nitrogens with one attached hydrogen (secondary N) is 3. The average Bonchev–Trinajstić information content (AvgIpc) is 2.95. The zero-order valence-electron chi connectivity index (χ0n) is 23.7. The van der Waals surface area contributed by atoms with E-state index in [2.05, 4.69) is 37.0 Å². The van der Waals surface area contributed by atoms with Gasteiger partial charge in [-0.15, -0.1) is 0 Å². The molecule has 0 spiro atoms. The van der Waals surface area contributed by atoms with Crippen molar-refractivity contribution in [3.8, 4) is 6.07 Å². The minimum Gasteiger partial charge on any atom is -0.393 e. The van der Waals surface area contributed by atoms with Crippen molar-refractivity contribution >= 4 is 21.6 Å². The van der Waals surface area contributed by atoms with Gasteiger partial charge in [-0.25, -0.2) is 18.4 Å². The molecule has 5 aliphatic rings. The highest BCUT2D eigenvalue weighted by molar-refractivity contribution is 7.90. The third-order valence-electron chi connectivity index (χ3n) is 10.0. The molecule has 41 heavy (non-hydrogen) atoms. The molecule has 2 heterocycles. The number of hydrogen-bond acceptors (Lipinski definition) is 10. The van der Waals surface area contributed by atoms with Gasteiger partial charge < -0.3 is 21.1 Å². The normalized spacial score (nSPS) is 32.4. The van der Waals surface area contributed by atoms with Crippen molar-refractivity contribution in [2.24, 2.45) is 29.1 Å². The van der Waals surface area contributed by atoms with Gasteiger partial charge in [0, 0.05) is 37.1 Å². The summed E-state index contributed by atoms with van der Waals surface area (Å²) >= 11 is 0. The molecular weight excluding hydrogens is 538 g/mol. The molecule has 5 aliphatic carbocycles. The van der Waals surface area contributed by atoms with E-state index in [1.807, 2.05) is 0 Å². The number of nitriles is 1. The smallest absolute Gasteiger partial charge is 0.224 e. The van der Waals surface area contributed by atoms with Crippen LogP contribution in [-0.2, 0) is 16.4 Å². The quantitative estimate of drug-likeness (QED) is 0.329. The summed E-state index contributed by atoms with van der Waals surface area (Å²) in [6.07, 6.45) is 14.4. The fourth-order valence-corrected chi connectivity index (χ4v) is 9.28. The zero-order chi connectivity index (χ0) is 28.6. The summed E-state index contributed by atoms with van der Waals surface area (Å²) in [6.45, 7) is 2.06. The zero-order valence-corrected chi connectivity index (χ0v) is 24.5. The van der Waals surface area contributed by atoms with Crippen LogP contribution >= 0.6 is 0 Å². The number of anilines is 2. The molecule has 0 aromatic carbocycles. The number of aliphatic hydroxyl groups excluding tert-OH is 1. The van der Waals surface area contributed by atoms with Crippen molar-refractivity contribution < 1.29 is 13.5 Å². The molecule has 11 heteroatoms. The lowest BCUT2D eigenvalue weighted by Gasteiger charge is -2.60. The number of rotatable bonds is 10. The molecular formula is C30H41N7O3S. The van der Waals surface area contributed by atoms with Crippen LogP contribution in [0.4, 0.5) is 11.8 Å². The van der Waals surface area contributed by atoms with Crippen LogP contribution in [0.15, 0.2) is 29.6 Å². The van der Waals surface area contributed by atoms with E-state index in [0.717, 1.165) is 50.9 Å². The first-order chi connectivity index (χ1) is 19.7.